The predicted octanol–water partition coefficient (Wildman–Crippen LogP) is 4.82. The molecule has 0 bridgehead atoms. The Bertz CT molecular complexity index is 558. The van der Waals surface area contributed by atoms with Gasteiger partial charge in [-0.15, -0.1) is 0 Å². The first-order chi connectivity index (χ1) is 9.22. The minimum absolute atomic E-state index is 0.493. The minimum atomic E-state index is 0.493. The van der Waals surface area contributed by atoms with Crippen molar-refractivity contribution in [2.45, 2.75) is 11.9 Å². The Morgan fingerprint density at radius 2 is 2.00 bits per heavy atom. The molecule has 0 saturated heterocycles. The molecule has 0 aliphatic rings. The van der Waals surface area contributed by atoms with Gasteiger partial charge in [-0.3, -0.25) is 0 Å². The Morgan fingerprint density at radius 1 is 1.16 bits per heavy atom. The third kappa shape index (κ3) is 3.88. The number of benzene rings is 2. The largest absolute Gasteiger partial charge is 0.497 e. The number of rotatable bonds is 5. The second-order valence-electron chi connectivity index (χ2n) is 4.03. The fourth-order valence-electron chi connectivity index (χ4n) is 1.72. The van der Waals surface area contributed by atoms with Gasteiger partial charge in [0.25, 0.3) is 0 Å². The van der Waals surface area contributed by atoms with Gasteiger partial charge in [-0.1, -0.05) is 39.7 Å². The van der Waals surface area contributed by atoms with Gasteiger partial charge in [0.05, 0.1) is 7.11 Å². The second-order valence-corrected chi connectivity index (χ2v) is 5.02. The van der Waals surface area contributed by atoms with E-state index in [1.54, 1.807) is 7.11 Å². The second kappa shape index (κ2) is 6.83. The van der Waals surface area contributed by atoms with Crippen molar-refractivity contribution in [2.75, 3.05) is 7.11 Å². The summed E-state index contributed by atoms with van der Waals surface area (Å²) in [5.74, 6) is 1.67. The van der Waals surface area contributed by atoms with E-state index in [9.17, 15) is 0 Å². The average molecular weight is 342 g/mol. The molecular formula is C15H14BrClO2. The maximum atomic E-state index is 5.95. The first kappa shape index (κ1) is 14.2. The predicted molar refractivity (Wildman–Crippen MR) is 81.4 cm³/mol. The average Bonchev–Trinajstić information content (AvgIpc) is 2.45. The molecular weight excluding hydrogens is 328 g/mol. The van der Waals surface area contributed by atoms with Gasteiger partial charge in [0.1, 0.15) is 18.1 Å². The van der Waals surface area contributed by atoms with E-state index in [1.807, 2.05) is 42.5 Å². The van der Waals surface area contributed by atoms with Gasteiger partial charge < -0.3 is 9.47 Å². The minimum Gasteiger partial charge on any atom is -0.497 e. The molecule has 100 valence electrons. The van der Waals surface area contributed by atoms with Crippen LogP contribution in [0.5, 0.6) is 11.5 Å². The van der Waals surface area contributed by atoms with Gasteiger partial charge in [-0.05, 0) is 35.9 Å². The van der Waals surface area contributed by atoms with Crippen LogP contribution in [0.15, 0.2) is 42.5 Å². The van der Waals surface area contributed by atoms with E-state index >= 15 is 0 Å². The molecule has 0 fully saturated rings. The SMILES string of the molecule is COc1ccc(OCc2cccc(Cl)c2)c(CBr)c1. The van der Waals surface area contributed by atoms with Crippen LogP contribution in [-0.2, 0) is 11.9 Å². The third-order valence-corrected chi connectivity index (χ3v) is 3.53. The maximum absolute atomic E-state index is 5.95. The Hall–Kier alpha value is -1.19. The number of alkyl halides is 1. The normalized spacial score (nSPS) is 10.3. The van der Waals surface area contributed by atoms with Crippen LogP contribution < -0.4 is 9.47 Å². The Morgan fingerprint density at radius 3 is 2.68 bits per heavy atom. The van der Waals surface area contributed by atoms with Crippen LogP contribution in [0.4, 0.5) is 0 Å². The van der Waals surface area contributed by atoms with Crippen molar-refractivity contribution < 1.29 is 9.47 Å². The maximum Gasteiger partial charge on any atom is 0.124 e. The third-order valence-electron chi connectivity index (χ3n) is 2.69. The summed E-state index contributed by atoms with van der Waals surface area (Å²) in [5, 5.41) is 1.44. The Labute approximate surface area is 126 Å². The molecule has 0 aliphatic carbocycles. The van der Waals surface area contributed by atoms with Crippen molar-refractivity contribution in [1.29, 1.82) is 0 Å². The lowest BCUT2D eigenvalue weighted by Crippen LogP contribution is -1.98. The van der Waals surface area contributed by atoms with E-state index in [-0.39, 0.29) is 0 Å². The first-order valence-corrected chi connectivity index (χ1v) is 7.33. The summed E-state index contributed by atoms with van der Waals surface area (Å²) < 4.78 is 11.0. The summed E-state index contributed by atoms with van der Waals surface area (Å²) >= 11 is 9.40. The van der Waals surface area contributed by atoms with Gasteiger partial charge in [0.2, 0.25) is 0 Å². The van der Waals surface area contributed by atoms with E-state index in [4.69, 9.17) is 21.1 Å². The highest BCUT2D eigenvalue weighted by Gasteiger charge is 2.05. The fourth-order valence-corrected chi connectivity index (χ4v) is 2.37. The van der Waals surface area contributed by atoms with E-state index in [0.717, 1.165) is 33.0 Å². The molecule has 0 amide bonds. The number of halogens is 2. The molecule has 4 heteroatoms. The Balaban J connectivity index is 2.11. The van der Waals surface area contributed by atoms with Crippen LogP contribution in [0.1, 0.15) is 11.1 Å². The fraction of sp³-hybridized carbons (Fsp3) is 0.200. The van der Waals surface area contributed by atoms with E-state index < -0.39 is 0 Å². The van der Waals surface area contributed by atoms with Crippen molar-refractivity contribution >= 4 is 27.5 Å². The molecule has 0 spiro atoms. The standard InChI is InChI=1S/C15H14BrClO2/c1-18-14-5-6-15(12(8-14)9-16)19-10-11-3-2-4-13(17)7-11/h2-8H,9-10H2,1H3. The van der Waals surface area contributed by atoms with Crippen molar-refractivity contribution in [2.24, 2.45) is 0 Å². The molecule has 0 saturated carbocycles. The monoisotopic (exact) mass is 340 g/mol. The van der Waals surface area contributed by atoms with E-state index in [1.165, 1.54) is 0 Å². The van der Waals surface area contributed by atoms with E-state index in [0.29, 0.717) is 6.61 Å². The quantitative estimate of drug-likeness (QED) is 0.726. The summed E-state index contributed by atoms with van der Waals surface area (Å²) in [5.41, 5.74) is 2.10. The molecule has 0 aliphatic heterocycles. The lowest BCUT2D eigenvalue weighted by molar-refractivity contribution is 0.303. The molecule has 2 rings (SSSR count). The molecule has 2 nitrogen and oxygen atoms in total. The smallest absolute Gasteiger partial charge is 0.124 e. The van der Waals surface area contributed by atoms with Crippen molar-refractivity contribution in [3.05, 3.63) is 58.6 Å². The first-order valence-electron chi connectivity index (χ1n) is 5.83. The van der Waals surface area contributed by atoms with Crippen molar-refractivity contribution in [1.82, 2.24) is 0 Å². The number of ether oxygens (including phenoxy) is 2. The molecule has 0 unspecified atom stereocenters. The number of hydrogen-bond donors (Lipinski definition) is 0. The van der Waals surface area contributed by atoms with Gasteiger partial charge >= 0.3 is 0 Å². The summed E-state index contributed by atoms with van der Waals surface area (Å²) in [6.07, 6.45) is 0. The van der Waals surface area contributed by atoms with Crippen molar-refractivity contribution in [3.63, 3.8) is 0 Å². The van der Waals surface area contributed by atoms with Crippen LogP contribution in [0, 0.1) is 0 Å². The van der Waals surface area contributed by atoms with Crippen molar-refractivity contribution in [3.8, 4) is 11.5 Å². The zero-order valence-corrected chi connectivity index (χ0v) is 12.9. The van der Waals surface area contributed by atoms with Gasteiger partial charge in [-0.2, -0.15) is 0 Å². The van der Waals surface area contributed by atoms with Crippen LogP contribution in [0.2, 0.25) is 5.02 Å². The molecule has 0 heterocycles. The topological polar surface area (TPSA) is 18.5 Å². The molecule has 0 N–H and O–H groups in total. The molecule has 0 atom stereocenters. The highest BCUT2D eigenvalue weighted by atomic mass is 79.9. The number of hydrogen-bond acceptors (Lipinski definition) is 2. The lowest BCUT2D eigenvalue weighted by atomic mass is 10.2. The summed E-state index contributed by atoms with van der Waals surface area (Å²) in [4.78, 5) is 0. The summed E-state index contributed by atoms with van der Waals surface area (Å²) in [7, 11) is 1.65. The van der Waals surface area contributed by atoms with Crippen LogP contribution in [0.25, 0.3) is 0 Å². The molecule has 2 aromatic carbocycles. The molecule has 2 aromatic rings. The van der Waals surface area contributed by atoms with E-state index in [2.05, 4.69) is 15.9 Å². The zero-order valence-electron chi connectivity index (χ0n) is 10.5. The number of methoxy groups -OCH3 is 1. The molecule has 0 radical (unpaired) electrons. The molecule has 0 aromatic heterocycles. The highest BCUT2D eigenvalue weighted by molar-refractivity contribution is 9.08. The summed E-state index contributed by atoms with van der Waals surface area (Å²) in [6, 6.07) is 13.4. The van der Waals surface area contributed by atoms with Crippen LogP contribution in [0.3, 0.4) is 0 Å². The zero-order chi connectivity index (χ0) is 13.7. The molecule has 19 heavy (non-hydrogen) atoms. The Kier molecular flexibility index (Phi) is 5.11. The highest BCUT2D eigenvalue weighted by Crippen LogP contribution is 2.27. The van der Waals surface area contributed by atoms with Gasteiger partial charge in [0.15, 0.2) is 0 Å². The van der Waals surface area contributed by atoms with Gasteiger partial charge in [0, 0.05) is 15.9 Å². The summed E-state index contributed by atoms with van der Waals surface area (Å²) in [6.45, 7) is 0.493. The lowest BCUT2D eigenvalue weighted by Gasteiger charge is -2.11. The van der Waals surface area contributed by atoms with Crippen LogP contribution >= 0.6 is 27.5 Å². The van der Waals surface area contributed by atoms with Crippen LogP contribution in [-0.4, -0.2) is 7.11 Å². The van der Waals surface area contributed by atoms with Gasteiger partial charge in [-0.25, -0.2) is 0 Å².